The minimum atomic E-state index is -3.41. The molecule has 0 aliphatic carbocycles. The van der Waals surface area contributed by atoms with Crippen LogP contribution in [-0.2, 0) is 14.9 Å². The summed E-state index contributed by atoms with van der Waals surface area (Å²) in [5.74, 6) is 0. The Kier molecular flexibility index (Phi) is 2.30. The molecule has 0 bridgehead atoms. The molecule has 14 heavy (non-hydrogen) atoms. The first-order valence-corrected chi connectivity index (χ1v) is 5.77. The molecule has 76 valence electrons. The van der Waals surface area contributed by atoms with Crippen molar-refractivity contribution in [3.63, 3.8) is 0 Å². The molecular weight excluding hydrogens is 202 g/mol. The van der Waals surface area contributed by atoms with Crippen LogP contribution in [0.1, 0.15) is 5.56 Å². The number of sulfonamides is 1. The van der Waals surface area contributed by atoms with Gasteiger partial charge in [-0.3, -0.25) is 4.84 Å². The summed E-state index contributed by atoms with van der Waals surface area (Å²) < 4.78 is 24.5. The quantitative estimate of drug-likeness (QED) is 0.734. The molecule has 1 aromatic rings. The minimum absolute atomic E-state index is 0.280. The number of aryl methyl sites for hydroxylation is 1. The van der Waals surface area contributed by atoms with Gasteiger partial charge in [0.1, 0.15) is 0 Å². The molecule has 0 amide bonds. The molecule has 1 aromatic carbocycles. The standard InChI is InChI=1S/C9H11NO3S/c1-8-2-4-9(5-3-8)14(11,12)10-6-7-13-10/h2-5H,6-7H2,1H3. The van der Waals surface area contributed by atoms with E-state index in [1.54, 1.807) is 24.3 Å². The van der Waals surface area contributed by atoms with Gasteiger partial charge in [-0.05, 0) is 19.1 Å². The fourth-order valence-electron chi connectivity index (χ4n) is 1.18. The van der Waals surface area contributed by atoms with Crippen molar-refractivity contribution < 1.29 is 13.3 Å². The summed E-state index contributed by atoms with van der Waals surface area (Å²) in [5.41, 5.74) is 1.04. The molecule has 0 spiro atoms. The van der Waals surface area contributed by atoms with Gasteiger partial charge in [0.15, 0.2) is 0 Å². The predicted molar refractivity (Wildman–Crippen MR) is 51.0 cm³/mol. The fraction of sp³-hybridized carbons (Fsp3) is 0.333. The molecular formula is C9H11NO3S. The molecule has 1 saturated heterocycles. The fourth-order valence-corrected chi connectivity index (χ4v) is 2.43. The lowest BCUT2D eigenvalue weighted by atomic mass is 10.2. The van der Waals surface area contributed by atoms with Crippen LogP contribution in [0.5, 0.6) is 0 Å². The van der Waals surface area contributed by atoms with Crippen LogP contribution in [0.3, 0.4) is 0 Å². The Hall–Kier alpha value is -0.910. The van der Waals surface area contributed by atoms with E-state index in [2.05, 4.69) is 0 Å². The third-order valence-electron chi connectivity index (χ3n) is 2.10. The van der Waals surface area contributed by atoms with Crippen LogP contribution in [0.25, 0.3) is 0 Å². The third kappa shape index (κ3) is 1.54. The summed E-state index contributed by atoms with van der Waals surface area (Å²) >= 11 is 0. The van der Waals surface area contributed by atoms with E-state index in [9.17, 15) is 8.42 Å². The lowest BCUT2D eigenvalue weighted by Gasteiger charge is -2.28. The van der Waals surface area contributed by atoms with Gasteiger partial charge < -0.3 is 0 Å². The number of hydroxylamine groups is 1. The van der Waals surface area contributed by atoms with Crippen LogP contribution < -0.4 is 0 Å². The van der Waals surface area contributed by atoms with Crippen molar-refractivity contribution in [1.82, 2.24) is 4.47 Å². The molecule has 1 aliphatic rings. The van der Waals surface area contributed by atoms with E-state index in [-0.39, 0.29) is 4.90 Å². The Morgan fingerprint density at radius 1 is 1.29 bits per heavy atom. The largest absolute Gasteiger partial charge is 0.282 e. The van der Waals surface area contributed by atoms with E-state index in [0.29, 0.717) is 13.2 Å². The first kappa shape index (κ1) is 9.64. The van der Waals surface area contributed by atoms with E-state index in [1.807, 2.05) is 6.92 Å². The van der Waals surface area contributed by atoms with E-state index >= 15 is 0 Å². The SMILES string of the molecule is Cc1ccc(S(=O)(=O)N2CCO2)cc1. The molecule has 4 nitrogen and oxygen atoms in total. The monoisotopic (exact) mass is 213 g/mol. The van der Waals surface area contributed by atoms with Gasteiger partial charge in [-0.2, -0.15) is 0 Å². The zero-order valence-corrected chi connectivity index (χ0v) is 8.62. The van der Waals surface area contributed by atoms with Gasteiger partial charge in [0.2, 0.25) is 0 Å². The Morgan fingerprint density at radius 3 is 2.29 bits per heavy atom. The highest BCUT2D eigenvalue weighted by atomic mass is 32.2. The Bertz CT molecular complexity index is 420. The zero-order valence-electron chi connectivity index (χ0n) is 7.80. The highest BCUT2D eigenvalue weighted by Gasteiger charge is 2.30. The van der Waals surface area contributed by atoms with Crippen molar-refractivity contribution >= 4 is 10.0 Å². The molecule has 1 fully saturated rings. The molecule has 1 heterocycles. The first-order valence-electron chi connectivity index (χ1n) is 4.33. The lowest BCUT2D eigenvalue weighted by Crippen LogP contribution is -2.43. The van der Waals surface area contributed by atoms with Crippen LogP contribution in [0.2, 0.25) is 0 Å². The molecule has 0 radical (unpaired) electrons. The molecule has 0 atom stereocenters. The molecule has 0 N–H and O–H groups in total. The van der Waals surface area contributed by atoms with Crippen LogP contribution in [0.4, 0.5) is 0 Å². The van der Waals surface area contributed by atoms with Crippen molar-refractivity contribution in [2.45, 2.75) is 11.8 Å². The summed E-state index contributed by atoms with van der Waals surface area (Å²) in [6, 6.07) is 6.72. The number of nitrogens with zero attached hydrogens (tertiary/aromatic N) is 1. The lowest BCUT2D eigenvalue weighted by molar-refractivity contribution is -0.175. The van der Waals surface area contributed by atoms with Crippen LogP contribution in [0, 0.1) is 6.92 Å². The van der Waals surface area contributed by atoms with Gasteiger partial charge in [-0.15, -0.1) is 0 Å². The van der Waals surface area contributed by atoms with Crippen LogP contribution in [-0.4, -0.2) is 26.0 Å². The Balaban J connectivity index is 2.34. The molecule has 2 rings (SSSR count). The van der Waals surface area contributed by atoms with Gasteiger partial charge in [0.25, 0.3) is 10.0 Å². The number of hydrogen-bond donors (Lipinski definition) is 0. The summed E-state index contributed by atoms with van der Waals surface area (Å²) in [4.78, 5) is 5.11. The Labute approximate surface area is 83.1 Å². The van der Waals surface area contributed by atoms with Crippen LogP contribution >= 0.6 is 0 Å². The highest BCUT2D eigenvalue weighted by molar-refractivity contribution is 7.89. The van der Waals surface area contributed by atoms with Crippen LogP contribution in [0.15, 0.2) is 29.2 Å². The molecule has 0 unspecified atom stereocenters. The number of rotatable bonds is 2. The van der Waals surface area contributed by atoms with Gasteiger partial charge in [-0.1, -0.05) is 22.2 Å². The minimum Gasteiger partial charge on any atom is -0.282 e. The summed E-state index contributed by atoms with van der Waals surface area (Å²) in [7, 11) is -3.41. The smallest absolute Gasteiger partial charge is 0.265 e. The molecule has 0 aromatic heterocycles. The topological polar surface area (TPSA) is 46.6 Å². The predicted octanol–water partition coefficient (Wildman–Crippen LogP) is 0.931. The number of hydrogen-bond acceptors (Lipinski definition) is 3. The average molecular weight is 213 g/mol. The van der Waals surface area contributed by atoms with Crippen molar-refractivity contribution in [3.05, 3.63) is 29.8 Å². The molecule has 0 saturated carbocycles. The third-order valence-corrected chi connectivity index (χ3v) is 3.79. The summed E-state index contributed by atoms with van der Waals surface area (Å²) in [5, 5.41) is 0. The maximum absolute atomic E-state index is 11.7. The first-order chi connectivity index (χ1) is 6.60. The van der Waals surface area contributed by atoms with Gasteiger partial charge in [0, 0.05) is 0 Å². The van der Waals surface area contributed by atoms with E-state index in [1.165, 1.54) is 0 Å². The van der Waals surface area contributed by atoms with Gasteiger partial charge in [-0.25, -0.2) is 8.42 Å². The summed E-state index contributed by atoms with van der Waals surface area (Å²) in [6.07, 6.45) is 0. The van der Waals surface area contributed by atoms with Gasteiger partial charge in [0.05, 0.1) is 18.0 Å². The second-order valence-electron chi connectivity index (χ2n) is 3.18. The summed E-state index contributed by atoms with van der Waals surface area (Å²) in [6.45, 7) is 2.83. The maximum atomic E-state index is 11.7. The average Bonchev–Trinajstić information content (AvgIpc) is 2.00. The van der Waals surface area contributed by atoms with Crippen molar-refractivity contribution in [2.24, 2.45) is 0 Å². The van der Waals surface area contributed by atoms with Crippen molar-refractivity contribution in [3.8, 4) is 0 Å². The van der Waals surface area contributed by atoms with E-state index in [4.69, 9.17) is 4.84 Å². The zero-order chi connectivity index (χ0) is 10.2. The highest BCUT2D eigenvalue weighted by Crippen LogP contribution is 2.19. The second kappa shape index (κ2) is 3.34. The normalized spacial score (nSPS) is 17.8. The number of benzene rings is 1. The van der Waals surface area contributed by atoms with Crippen molar-refractivity contribution in [1.29, 1.82) is 0 Å². The van der Waals surface area contributed by atoms with Crippen molar-refractivity contribution in [2.75, 3.05) is 13.2 Å². The van der Waals surface area contributed by atoms with E-state index in [0.717, 1.165) is 10.0 Å². The Morgan fingerprint density at radius 2 is 1.86 bits per heavy atom. The van der Waals surface area contributed by atoms with E-state index < -0.39 is 10.0 Å². The molecule has 5 heteroatoms. The molecule has 1 aliphatic heterocycles. The van der Waals surface area contributed by atoms with Gasteiger partial charge >= 0.3 is 0 Å². The second-order valence-corrected chi connectivity index (χ2v) is 5.01. The maximum Gasteiger partial charge on any atom is 0.265 e.